The Morgan fingerprint density at radius 2 is 2.20 bits per heavy atom. The fourth-order valence-corrected chi connectivity index (χ4v) is 4.31. The Morgan fingerprint density at radius 3 is 2.67 bits per heavy atom. The van der Waals surface area contributed by atoms with Gasteiger partial charge in [0.2, 0.25) is 0 Å². The number of thiophene rings is 1. The Hall–Kier alpha value is 0.0500. The standard InChI is InChI=1S/C8H12BrNO3S2/c1-10(5-6-13-2)15(11,12)8-4-3-7(9)14-8/h3-4H,5-6H2,1-2H3. The molecule has 0 saturated heterocycles. The molecular formula is C8H12BrNO3S2. The molecule has 0 N–H and O–H groups in total. The van der Waals surface area contributed by atoms with Gasteiger partial charge in [0.15, 0.2) is 0 Å². The number of halogens is 1. The number of hydrogen-bond acceptors (Lipinski definition) is 4. The van der Waals surface area contributed by atoms with E-state index in [1.807, 2.05) is 0 Å². The van der Waals surface area contributed by atoms with Crippen molar-refractivity contribution in [2.24, 2.45) is 0 Å². The predicted molar refractivity (Wildman–Crippen MR) is 63.7 cm³/mol. The smallest absolute Gasteiger partial charge is 0.252 e. The van der Waals surface area contributed by atoms with Gasteiger partial charge in [0.25, 0.3) is 10.0 Å². The molecule has 0 amide bonds. The van der Waals surface area contributed by atoms with E-state index < -0.39 is 10.0 Å². The quantitative estimate of drug-likeness (QED) is 0.832. The molecule has 0 unspecified atom stereocenters. The van der Waals surface area contributed by atoms with Gasteiger partial charge in [-0.25, -0.2) is 8.42 Å². The first-order chi connectivity index (χ1) is 6.98. The average Bonchev–Trinajstić information content (AvgIpc) is 2.61. The third kappa shape index (κ3) is 3.25. The Bertz CT molecular complexity index is 415. The van der Waals surface area contributed by atoms with E-state index in [0.29, 0.717) is 17.4 Å². The largest absolute Gasteiger partial charge is 0.383 e. The summed E-state index contributed by atoms with van der Waals surface area (Å²) >= 11 is 4.44. The average molecular weight is 314 g/mol. The number of likely N-dealkylation sites (N-methyl/N-ethyl adjacent to an activating group) is 1. The lowest BCUT2D eigenvalue weighted by atomic mass is 10.7. The number of nitrogens with zero attached hydrogens (tertiary/aromatic N) is 1. The summed E-state index contributed by atoms with van der Waals surface area (Å²) in [6.07, 6.45) is 0. The zero-order valence-electron chi connectivity index (χ0n) is 8.44. The van der Waals surface area contributed by atoms with Crippen molar-refractivity contribution in [2.45, 2.75) is 4.21 Å². The van der Waals surface area contributed by atoms with E-state index in [9.17, 15) is 8.42 Å². The molecule has 0 aromatic carbocycles. The summed E-state index contributed by atoms with van der Waals surface area (Å²) in [5.74, 6) is 0. The maximum atomic E-state index is 11.9. The zero-order valence-corrected chi connectivity index (χ0v) is 11.7. The SMILES string of the molecule is COCCN(C)S(=O)(=O)c1ccc(Br)s1. The molecule has 0 aliphatic carbocycles. The molecule has 1 heterocycles. The molecule has 0 aliphatic rings. The van der Waals surface area contributed by atoms with Crippen molar-refractivity contribution >= 4 is 37.3 Å². The van der Waals surface area contributed by atoms with E-state index >= 15 is 0 Å². The van der Waals surface area contributed by atoms with Gasteiger partial charge in [-0.3, -0.25) is 0 Å². The molecule has 0 spiro atoms. The van der Waals surface area contributed by atoms with Gasteiger partial charge in [-0.1, -0.05) is 0 Å². The van der Waals surface area contributed by atoms with Crippen LogP contribution in [0.15, 0.2) is 20.1 Å². The highest BCUT2D eigenvalue weighted by atomic mass is 79.9. The number of ether oxygens (including phenoxy) is 1. The molecule has 0 aliphatic heterocycles. The molecule has 7 heteroatoms. The maximum Gasteiger partial charge on any atom is 0.252 e. The summed E-state index contributed by atoms with van der Waals surface area (Å²) in [4.78, 5) is 0. The van der Waals surface area contributed by atoms with Crippen molar-refractivity contribution in [1.29, 1.82) is 0 Å². The molecular weight excluding hydrogens is 302 g/mol. The van der Waals surface area contributed by atoms with Gasteiger partial charge >= 0.3 is 0 Å². The fraction of sp³-hybridized carbons (Fsp3) is 0.500. The van der Waals surface area contributed by atoms with E-state index in [2.05, 4.69) is 15.9 Å². The minimum absolute atomic E-state index is 0.341. The minimum atomic E-state index is -3.35. The van der Waals surface area contributed by atoms with Crippen LogP contribution in [0.4, 0.5) is 0 Å². The number of hydrogen-bond donors (Lipinski definition) is 0. The summed E-state index contributed by atoms with van der Waals surface area (Å²) in [7, 11) is -0.261. The van der Waals surface area contributed by atoms with Gasteiger partial charge in [0.1, 0.15) is 4.21 Å². The second-order valence-corrected chi connectivity index (χ2v) is 7.61. The monoisotopic (exact) mass is 313 g/mol. The van der Waals surface area contributed by atoms with Gasteiger partial charge in [-0.2, -0.15) is 4.31 Å². The van der Waals surface area contributed by atoms with E-state index in [0.717, 1.165) is 3.79 Å². The van der Waals surface area contributed by atoms with Gasteiger partial charge in [0, 0.05) is 20.7 Å². The number of methoxy groups -OCH3 is 1. The minimum Gasteiger partial charge on any atom is -0.383 e. The molecule has 1 aromatic rings. The zero-order chi connectivity index (χ0) is 11.5. The second-order valence-electron chi connectivity index (χ2n) is 2.88. The van der Waals surface area contributed by atoms with E-state index in [1.54, 1.807) is 26.3 Å². The Balaban J connectivity index is 2.83. The van der Waals surface area contributed by atoms with E-state index in [-0.39, 0.29) is 0 Å². The van der Waals surface area contributed by atoms with Crippen molar-refractivity contribution in [3.63, 3.8) is 0 Å². The third-order valence-electron chi connectivity index (χ3n) is 1.82. The van der Waals surface area contributed by atoms with Gasteiger partial charge in [-0.15, -0.1) is 11.3 Å². The topological polar surface area (TPSA) is 46.6 Å². The van der Waals surface area contributed by atoms with Crippen LogP contribution in [-0.2, 0) is 14.8 Å². The molecule has 86 valence electrons. The Kier molecular flexibility index (Phi) is 4.72. The second kappa shape index (κ2) is 5.40. The first-order valence-corrected chi connectivity index (χ1v) is 7.24. The first kappa shape index (κ1) is 13.1. The van der Waals surface area contributed by atoms with Crippen LogP contribution in [0.3, 0.4) is 0 Å². The fourth-order valence-electron chi connectivity index (χ4n) is 0.930. The Morgan fingerprint density at radius 1 is 1.53 bits per heavy atom. The van der Waals surface area contributed by atoms with Crippen LogP contribution in [0.5, 0.6) is 0 Å². The van der Waals surface area contributed by atoms with Crippen LogP contribution in [0.25, 0.3) is 0 Å². The summed E-state index contributed by atoms with van der Waals surface area (Å²) in [5.41, 5.74) is 0. The predicted octanol–water partition coefficient (Wildman–Crippen LogP) is 1.78. The normalized spacial score (nSPS) is 12.3. The van der Waals surface area contributed by atoms with E-state index in [1.165, 1.54) is 15.6 Å². The number of sulfonamides is 1. The highest BCUT2D eigenvalue weighted by molar-refractivity contribution is 9.11. The molecule has 1 aromatic heterocycles. The van der Waals surface area contributed by atoms with Gasteiger partial charge in [-0.05, 0) is 28.1 Å². The highest BCUT2D eigenvalue weighted by Gasteiger charge is 2.21. The molecule has 1 rings (SSSR count). The summed E-state index contributed by atoms with van der Waals surface area (Å²) in [6.45, 7) is 0.747. The molecule has 15 heavy (non-hydrogen) atoms. The number of rotatable bonds is 5. The van der Waals surface area contributed by atoms with Crippen molar-refractivity contribution in [3.05, 3.63) is 15.9 Å². The van der Waals surface area contributed by atoms with Crippen molar-refractivity contribution in [1.82, 2.24) is 4.31 Å². The maximum absolute atomic E-state index is 11.9. The molecule has 0 radical (unpaired) electrons. The van der Waals surface area contributed by atoms with E-state index in [4.69, 9.17) is 4.74 Å². The summed E-state index contributed by atoms with van der Waals surface area (Å²) < 4.78 is 31.1. The van der Waals surface area contributed by atoms with Crippen LogP contribution < -0.4 is 0 Å². The summed E-state index contributed by atoms with van der Waals surface area (Å²) in [5, 5.41) is 0. The molecule has 4 nitrogen and oxygen atoms in total. The lowest BCUT2D eigenvalue weighted by Gasteiger charge is -2.14. The van der Waals surface area contributed by atoms with Crippen LogP contribution in [0, 0.1) is 0 Å². The third-order valence-corrected chi connectivity index (χ3v) is 5.77. The van der Waals surface area contributed by atoms with Gasteiger partial charge < -0.3 is 4.74 Å². The lowest BCUT2D eigenvalue weighted by Crippen LogP contribution is -2.29. The molecule has 0 bridgehead atoms. The van der Waals surface area contributed by atoms with Crippen molar-refractivity contribution in [2.75, 3.05) is 27.3 Å². The molecule has 0 fully saturated rings. The van der Waals surface area contributed by atoms with Crippen LogP contribution in [0.2, 0.25) is 0 Å². The van der Waals surface area contributed by atoms with Gasteiger partial charge in [0.05, 0.1) is 10.4 Å². The lowest BCUT2D eigenvalue weighted by molar-refractivity contribution is 0.185. The highest BCUT2D eigenvalue weighted by Crippen LogP contribution is 2.27. The van der Waals surface area contributed by atoms with Crippen LogP contribution >= 0.6 is 27.3 Å². The first-order valence-electron chi connectivity index (χ1n) is 4.19. The molecule has 0 atom stereocenters. The molecule has 0 saturated carbocycles. The summed E-state index contributed by atoms with van der Waals surface area (Å²) in [6, 6.07) is 3.31. The van der Waals surface area contributed by atoms with Crippen molar-refractivity contribution in [3.8, 4) is 0 Å². The Labute approximate surface area is 102 Å². The van der Waals surface area contributed by atoms with Crippen LogP contribution in [-0.4, -0.2) is 40.0 Å². The van der Waals surface area contributed by atoms with Crippen molar-refractivity contribution < 1.29 is 13.2 Å². The van der Waals surface area contributed by atoms with Crippen LogP contribution in [0.1, 0.15) is 0 Å².